The first kappa shape index (κ1) is 22.7. The Balaban J connectivity index is 1.65. The molecule has 1 amide bonds. The lowest BCUT2D eigenvalue weighted by Gasteiger charge is -2.45. The highest BCUT2D eigenvalue weighted by Crippen LogP contribution is 2.43. The number of amides is 1. The Morgan fingerprint density at radius 2 is 2.10 bits per heavy atom. The van der Waals surface area contributed by atoms with Crippen LogP contribution in [0.25, 0.3) is 0 Å². The molecule has 1 atom stereocenters. The normalized spacial score (nSPS) is 17.7. The summed E-state index contributed by atoms with van der Waals surface area (Å²) in [6.45, 7) is 6.25. The van der Waals surface area contributed by atoms with Crippen molar-refractivity contribution in [1.82, 2.24) is 5.43 Å². The number of hydrogen-bond acceptors (Lipinski definition) is 4. The topological polar surface area (TPSA) is 53.9 Å². The Morgan fingerprint density at radius 1 is 1.37 bits per heavy atom. The van der Waals surface area contributed by atoms with Crippen LogP contribution >= 0.6 is 31.9 Å². The van der Waals surface area contributed by atoms with E-state index < -0.39 is 5.91 Å². The van der Waals surface area contributed by atoms with E-state index in [1.165, 1.54) is 6.21 Å². The summed E-state index contributed by atoms with van der Waals surface area (Å²) in [7, 11) is 1.99. The second kappa shape index (κ2) is 9.06. The number of carbonyl (C=O) groups excluding carboxylic acids is 1. The molecule has 0 bridgehead atoms. The van der Waals surface area contributed by atoms with Gasteiger partial charge in [0.2, 0.25) is 0 Å². The van der Waals surface area contributed by atoms with Crippen LogP contribution < -0.4 is 15.1 Å². The van der Waals surface area contributed by atoms with Crippen molar-refractivity contribution in [2.45, 2.75) is 38.6 Å². The molecule has 8 heteroatoms. The highest BCUT2D eigenvalue weighted by atomic mass is 79.9. The zero-order valence-electron chi connectivity index (χ0n) is 17.3. The van der Waals surface area contributed by atoms with Gasteiger partial charge in [0.1, 0.15) is 11.6 Å². The fourth-order valence-electron chi connectivity index (χ4n) is 3.65. The van der Waals surface area contributed by atoms with Crippen molar-refractivity contribution in [2.75, 3.05) is 18.6 Å². The van der Waals surface area contributed by atoms with E-state index in [9.17, 15) is 9.18 Å². The Kier molecular flexibility index (Phi) is 6.87. The van der Waals surface area contributed by atoms with Gasteiger partial charge < -0.3 is 9.64 Å². The maximum atomic E-state index is 14.6. The van der Waals surface area contributed by atoms with Crippen molar-refractivity contribution in [1.29, 1.82) is 0 Å². The number of ether oxygens (including phenoxy) is 1. The fraction of sp³-hybridized carbons (Fsp3) is 0.364. The van der Waals surface area contributed by atoms with Gasteiger partial charge in [-0.05, 0) is 78.0 Å². The number of carbonyl (C=O) groups is 1. The van der Waals surface area contributed by atoms with Crippen LogP contribution in [0.1, 0.15) is 44.2 Å². The maximum Gasteiger partial charge on any atom is 0.277 e. The van der Waals surface area contributed by atoms with Crippen molar-refractivity contribution in [3.63, 3.8) is 0 Å². The first-order chi connectivity index (χ1) is 14.1. The summed E-state index contributed by atoms with van der Waals surface area (Å²) in [5, 5.41) is 3.90. The largest absolute Gasteiger partial charge is 0.483 e. The molecule has 30 heavy (non-hydrogen) atoms. The lowest BCUT2D eigenvalue weighted by Crippen LogP contribution is -2.45. The second-order valence-electron chi connectivity index (χ2n) is 8.07. The van der Waals surface area contributed by atoms with Gasteiger partial charge in [-0.15, -0.1) is 0 Å². The molecular formula is C22H24Br2FN3O2. The van der Waals surface area contributed by atoms with Gasteiger partial charge in [-0.25, -0.2) is 9.82 Å². The number of anilines is 1. The molecule has 0 aliphatic carbocycles. The molecule has 160 valence electrons. The molecule has 0 spiro atoms. The van der Waals surface area contributed by atoms with Crippen LogP contribution in [0.4, 0.5) is 10.1 Å². The number of rotatable bonds is 5. The number of nitrogens with one attached hydrogen (secondary N) is 1. The average Bonchev–Trinajstić information content (AvgIpc) is 2.66. The molecule has 1 aliphatic rings. The lowest BCUT2D eigenvalue weighted by molar-refractivity contribution is -0.123. The SMILES string of the molecule is CC1CC(C)(C)N(C)c2cc(F)c(/C=N/NC(=O)COc3ccc(Br)cc3Br)cc21. The molecule has 5 nitrogen and oxygen atoms in total. The molecule has 2 aromatic carbocycles. The first-order valence-electron chi connectivity index (χ1n) is 9.55. The summed E-state index contributed by atoms with van der Waals surface area (Å²) in [6, 6.07) is 8.74. The van der Waals surface area contributed by atoms with Crippen LogP contribution in [0.5, 0.6) is 5.75 Å². The van der Waals surface area contributed by atoms with Crippen LogP contribution in [-0.2, 0) is 4.79 Å². The first-order valence-corrected chi connectivity index (χ1v) is 11.1. The third-order valence-corrected chi connectivity index (χ3v) is 6.51. The molecule has 1 N–H and O–H groups in total. The smallest absolute Gasteiger partial charge is 0.277 e. The minimum Gasteiger partial charge on any atom is -0.483 e. The van der Waals surface area contributed by atoms with Gasteiger partial charge in [0, 0.05) is 28.3 Å². The minimum absolute atomic E-state index is 0.0355. The van der Waals surface area contributed by atoms with Gasteiger partial charge in [0.05, 0.1) is 10.7 Å². The van der Waals surface area contributed by atoms with Gasteiger partial charge in [-0.2, -0.15) is 5.10 Å². The summed E-state index contributed by atoms with van der Waals surface area (Å²) in [5.41, 5.74) is 4.65. The number of halogens is 3. The van der Waals surface area contributed by atoms with Crippen molar-refractivity contribution in [2.24, 2.45) is 5.10 Å². The van der Waals surface area contributed by atoms with Crippen molar-refractivity contribution < 1.29 is 13.9 Å². The lowest BCUT2D eigenvalue weighted by atomic mass is 9.80. The fourth-order valence-corrected chi connectivity index (χ4v) is 4.81. The molecule has 0 saturated heterocycles. The quantitative estimate of drug-likeness (QED) is 0.396. The monoisotopic (exact) mass is 539 g/mol. The Bertz CT molecular complexity index is 995. The third-order valence-electron chi connectivity index (χ3n) is 5.40. The summed E-state index contributed by atoms with van der Waals surface area (Å²) >= 11 is 6.73. The third kappa shape index (κ3) is 5.03. The molecule has 0 saturated carbocycles. The van der Waals surface area contributed by atoms with E-state index in [2.05, 4.69) is 68.1 Å². The number of nitrogens with zero attached hydrogens (tertiary/aromatic N) is 2. The van der Waals surface area contributed by atoms with Gasteiger partial charge >= 0.3 is 0 Å². The van der Waals surface area contributed by atoms with E-state index in [0.717, 1.165) is 26.6 Å². The molecule has 0 aromatic heterocycles. The Hall–Kier alpha value is -1.93. The van der Waals surface area contributed by atoms with Crippen LogP contribution in [0.2, 0.25) is 0 Å². The maximum absolute atomic E-state index is 14.6. The Morgan fingerprint density at radius 3 is 2.80 bits per heavy atom. The molecule has 1 unspecified atom stereocenters. The molecule has 1 aliphatic heterocycles. The van der Waals surface area contributed by atoms with E-state index in [-0.39, 0.29) is 18.0 Å². The minimum atomic E-state index is -0.436. The predicted molar refractivity (Wildman–Crippen MR) is 125 cm³/mol. The van der Waals surface area contributed by atoms with Crippen molar-refractivity contribution in [3.05, 3.63) is 56.2 Å². The summed E-state index contributed by atoms with van der Waals surface area (Å²) in [6.07, 6.45) is 2.30. The molecular weight excluding hydrogens is 517 g/mol. The van der Waals surface area contributed by atoms with E-state index >= 15 is 0 Å². The molecule has 3 rings (SSSR count). The standard InChI is InChI=1S/C22H24Br2FN3O2/c1-13-10-22(2,3)28(4)19-9-18(25)14(7-16(13)19)11-26-27-21(29)12-30-20-6-5-15(23)8-17(20)24/h5-9,11,13H,10,12H2,1-4H3,(H,27,29)/b26-11+. The van der Waals surface area contributed by atoms with Gasteiger partial charge in [-0.3, -0.25) is 4.79 Å². The van der Waals surface area contributed by atoms with Crippen LogP contribution in [-0.4, -0.2) is 31.3 Å². The Labute approximate surface area is 192 Å². The highest BCUT2D eigenvalue weighted by molar-refractivity contribution is 9.11. The summed E-state index contributed by atoms with van der Waals surface area (Å²) < 4.78 is 21.7. The van der Waals surface area contributed by atoms with Gasteiger partial charge in [-0.1, -0.05) is 22.9 Å². The van der Waals surface area contributed by atoms with E-state index in [0.29, 0.717) is 17.2 Å². The molecule has 2 aromatic rings. The van der Waals surface area contributed by atoms with Gasteiger partial charge in [0.15, 0.2) is 6.61 Å². The number of hydrazone groups is 1. The zero-order chi connectivity index (χ0) is 22.1. The van der Waals surface area contributed by atoms with Crippen molar-refractivity contribution in [3.8, 4) is 5.75 Å². The highest BCUT2D eigenvalue weighted by Gasteiger charge is 2.34. The second-order valence-corrected chi connectivity index (χ2v) is 9.84. The summed E-state index contributed by atoms with van der Waals surface area (Å²) in [4.78, 5) is 14.1. The average molecular weight is 541 g/mol. The number of benzene rings is 2. The molecule has 1 heterocycles. The van der Waals surface area contributed by atoms with Crippen LogP contribution in [0.15, 0.2) is 44.4 Å². The number of hydrogen-bond donors (Lipinski definition) is 1. The molecule has 0 fully saturated rings. The molecule has 0 radical (unpaired) electrons. The van der Waals surface area contributed by atoms with Crippen LogP contribution in [0.3, 0.4) is 0 Å². The van der Waals surface area contributed by atoms with Gasteiger partial charge in [0.25, 0.3) is 5.91 Å². The van der Waals surface area contributed by atoms with E-state index in [1.54, 1.807) is 12.1 Å². The van der Waals surface area contributed by atoms with Crippen LogP contribution in [0, 0.1) is 5.82 Å². The number of fused-ring (bicyclic) bond motifs is 1. The van der Waals surface area contributed by atoms with E-state index in [1.807, 2.05) is 25.2 Å². The summed E-state index contributed by atoms with van der Waals surface area (Å²) in [5.74, 6) is 0.0261. The van der Waals surface area contributed by atoms with Crippen molar-refractivity contribution >= 4 is 49.7 Å². The zero-order valence-corrected chi connectivity index (χ0v) is 20.5. The predicted octanol–water partition coefficient (Wildman–Crippen LogP) is 5.60. The van der Waals surface area contributed by atoms with E-state index in [4.69, 9.17) is 4.74 Å².